The van der Waals surface area contributed by atoms with E-state index < -0.39 is 0 Å². The van der Waals surface area contributed by atoms with Crippen molar-refractivity contribution in [3.05, 3.63) is 20.8 Å². The molecule has 0 bridgehead atoms. The van der Waals surface area contributed by atoms with Crippen LogP contribution in [0.3, 0.4) is 0 Å². The Hall–Kier alpha value is 0.1000. The lowest BCUT2D eigenvalue weighted by molar-refractivity contribution is -0.00338. The van der Waals surface area contributed by atoms with Crippen molar-refractivity contribution >= 4 is 27.3 Å². The predicted octanol–water partition coefficient (Wildman–Crippen LogP) is 3.95. The number of rotatable bonds is 5. The molecule has 1 aliphatic rings. The molecule has 17 heavy (non-hydrogen) atoms. The molecule has 0 saturated carbocycles. The third-order valence-corrected chi connectivity index (χ3v) is 4.86. The van der Waals surface area contributed by atoms with Gasteiger partial charge < -0.3 is 10.1 Å². The molecule has 2 atom stereocenters. The highest BCUT2D eigenvalue weighted by Crippen LogP contribution is 2.21. The number of halogens is 1. The minimum Gasteiger partial charge on any atom is -0.378 e. The minimum absolute atomic E-state index is 0.473. The fourth-order valence-electron chi connectivity index (χ4n) is 2.28. The highest BCUT2D eigenvalue weighted by molar-refractivity contribution is 9.10. The van der Waals surface area contributed by atoms with Crippen molar-refractivity contribution in [3.8, 4) is 0 Å². The first kappa shape index (κ1) is 13.5. The quantitative estimate of drug-likeness (QED) is 0.888. The highest BCUT2D eigenvalue weighted by atomic mass is 79.9. The largest absolute Gasteiger partial charge is 0.378 e. The zero-order chi connectivity index (χ0) is 12.1. The molecule has 1 fully saturated rings. The molecule has 4 heteroatoms. The number of hydrogen-bond donors (Lipinski definition) is 1. The summed E-state index contributed by atoms with van der Waals surface area (Å²) in [5.74, 6) is 0. The fourth-order valence-corrected chi connectivity index (χ4v) is 3.68. The molecule has 2 unspecified atom stereocenters. The number of hydrogen-bond acceptors (Lipinski definition) is 3. The predicted molar refractivity (Wildman–Crippen MR) is 76.5 cm³/mol. The van der Waals surface area contributed by atoms with Crippen molar-refractivity contribution in [3.63, 3.8) is 0 Å². The third kappa shape index (κ3) is 4.36. The maximum Gasteiger partial charge on any atom is 0.0589 e. The molecule has 1 N–H and O–H groups in total. The van der Waals surface area contributed by atoms with Crippen LogP contribution in [0.4, 0.5) is 0 Å². The van der Waals surface area contributed by atoms with Crippen LogP contribution in [0.1, 0.15) is 37.5 Å². The van der Waals surface area contributed by atoms with Gasteiger partial charge in [0.1, 0.15) is 0 Å². The maximum absolute atomic E-state index is 5.76. The van der Waals surface area contributed by atoms with Crippen molar-refractivity contribution < 1.29 is 4.74 Å². The van der Waals surface area contributed by atoms with Gasteiger partial charge in [-0.15, -0.1) is 11.3 Å². The van der Waals surface area contributed by atoms with Gasteiger partial charge in [-0.25, -0.2) is 0 Å². The summed E-state index contributed by atoms with van der Waals surface area (Å²) in [6, 6.07) is 2.82. The van der Waals surface area contributed by atoms with E-state index in [1.54, 1.807) is 0 Å². The van der Waals surface area contributed by atoms with E-state index in [9.17, 15) is 0 Å². The Kier molecular flexibility index (Phi) is 5.48. The lowest BCUT2D eigenvalue weighted by Gasteiger charge is -2.30. The van der Waals surface area contributed by atoms with Crippen molar-refractivity contribution in [2.24, 2.45) is 0 Å². The van der Waals surface area contributed by atoms with Crippen LogP contribution in [-0.4, -0.2) is 18.8 Å². The molecule has 0 aromatic carbocycles. The van der Waals surface area contributed by atoms with E-state index in [4.69, 9.17) is 4.74 Å². The van der Waals surface area contributed by atoms with Crippen LogP contribution in [0.5, 0.6) is 0 Å². The zero-order valence-electron chi connectivity index (χ0n) is 10.2. The van der Waals surface area contributed by atoms with Gasteiger partial charge in [0.2, 0.25) is 0 Å². The topological polar surface area (TPSA) is 21.3 Å². The summed E-state index contributed by atoms with van der Waals surface area (Å²) >= 11 is 5.30. The average Bonchev–Trinajstić information content (AvgIpc) is 2.74. The van der Waals surface area contributed by atoms with E-state index in [-0.39, 0.29) is 0 Å². The summed E-state index contributed by atoms with van der Waals surface area (Å²) in [7, 11) is 0. The first-order valence-corrected chi connectivity index (χ1v) is 8.03. The lowest BCUT2D eigenvalue weighted by atomic mass is 10.0. The molecular weight excluding hydrogens is 298 g/mol. The van der Waals surface area contributed by atoms with Gasteiger partial charge >= 0.3 is 0 Å². The summed E-state index contributed by atoms with van der Waals surface area (Å²) in [6.07, 6.45) is 5.20. The van der Waals surface area contributed by atoms with E-state index in [1.807, 2.05) is 11.3 Å². The van der Waals surface area contributed by atoms with Gasteiger partial charge in [-0.2, -0.15) is 0 Å². The van der Waals surface area contributed by atoms with E-state index in [1.165, 1.54) is 28.6 Å². The monoisotopic (exact) mass is 317 g/mol. The van der Waals surface area contributed by atoms with Crippen LogP contribution in [0, 0.1) is 0 Å². The first-order valence-electron chi connectivity index (χ1n) is 6.36. The second-order valence-corrected chi connectivity index (χ2v) is 6.53. The van der Waals surface area contributed by atoms with Gasteiger partial charge in [0.15, 0.2) is 0 Å². The number of thiophene rings is 1. The second-order valence-electron chi connectivity index (χ2n) is 4.61. The summed E-state index contributed by atoms with van der Waals surface area (Å²) in [5.41, 5.74) is 0. The molecule has 1 aliphatic heterocycles. The maximum atomic E-state index is 5.76. The van der Waals surface area contributed by atoms with Crippen LogP contribution in [0.2, 0.25) is 0 Å². The first-order chi connectivity index (χ1) is 8.28. The van der Waals surface area contributed by atoms with Crippen LogP contribution >= 0.6 is 27.3 Å². The average molecular weight is 318 g/mol. The standard InChI is InChI=1S/C13H20BrNOS/c1-2-3-12-7-11(4-5-16-12)15-8-13-6-10(14)9-17-13/h6,9,11-12,15H,2-5,7-8H2,1H3. The van der Waals surface area contributed by atoms with Crippen LogP contribution in [0.15, 0.2) is 15.9 Å². The van der Waals surface area contributed by atoms with Gasteiger partial charge in [0, 0.05) is 33.9 Å². The van der Waals surface area contributed by atoms with Gasteiger partial charge in [0.25, 0.3) is 0 Å². The van der Waals surface area contributed by atoms with Crippen molar-refractivity contribution in [1.82, 2.24) is 5.32 Å². The molecule has 1 aromatic heterocycles. The van der Waals surface area contributed by atoms with Gasteiger partial charge in [0.05, 0.1) is 6.10 Å². The molecule has 0 amide bonds. The van der Waals surface area contributed by atoms with Crippen molar-refractivity contribution in [2.75, 3.05) is 6.61 Å². The Morgan fingerprint density at radius 1 is 1.59 bits per heavy atom. The van der Waals surface area contributed by atoms with E-state index in [0.29, 0.717) is 12.1 Å². The lowest BCUT2D eigenvalue weighted by Crippen LogP contribution is -2.38. The van der Waals surface area contributed by atoms with Crippen LogP contribution in [-0.2, 0) is 11.3 Å². The molecule has 96 valence electrons. The van der Waals surface area contributed by atoms with Crippen molar-refractivity contribution in [2.45, 2.75) is 51.3 Å². The Bertz CT molecular complexity index is 340. The Morgan fingerprint density at radius 3 is 3.18 bits per heavy atom. The smallest absolute Gasteiger partial charge is 0.0589 e. The molecule has 2 nitrogen and oxygen atoms in total. The molecule has 0 radical (unpaired) electrons. The summed E-state index contributed by atoms with van der Waals surface area (Å²) in [4.78, 5) is 1.40. The number of nitrogens with one attached hydrogen (secondary N) is 1. The summed E-state index contributed by atoms with van der Waals surface area (Å²) in [5, 5.41) is 5.79. The highest BCUT2D eigenvalue weighted by Gasteiger charge is 2.21. The van der Waals surface area contributed by atoms with Gasteiger partial charge in [-0.05, 0) is 41.3 Å². The third-order valence-electron chi connectivity index (χ3n) is 3.16. The Morgan fingerprint density at radius 2 is 2.47 bits per heavy atom. The van der Waals surface area contributed by atoms with Gasteiger partial charge in [-0.1, -0.05) is 13.3 Å². The molecule has 1 aromatic rings. The van der Waals surface area contributed by atoms with E-state index >= 15 is 0 Å². The molecule has 2 rings (SSSR count). The Labute approximate surface area is 116 Å². The molecule has 2 heterocycles. The van der Waals surface area contributed by atoms with Crippen LogP contribution in [0.25, 0.3) is 0 Å². The summed E-state index contributed by atoms with van der Waals surface area (Å²) in [6.45, 7) is 4.12. The Balaban J connectivity index is 1.75. The summed E-state index contributed by atoms with van der Waals surface area (Å²) < 4.78 is 6.95. The SMILES string of the molecule is CCCC1CC(NCc2cc(Br)cs2)CCO1. The van der Waals surface area contributed by atoms with Crippen molar-refractivity contribution in [1.29, 1.82) is 0 Å². The molecule has 1 saturated heterocycles. The minimum atomic E-state index is 0.473. The van der Waals surface area contributed by atoms with Crippen LogP contribution < -0.4 is 5.32 Å². The second kappa shape index (κ2) is 6.88. The normalized spacial score (nSPS) is 25.1. The zero-order valence-corrected chi connectivity index (χ0v) is 12.6. The fraction of sp³-hybridized carbons (Fsp3) is 0.692. The van der Waals surface area contributed by atoms with E-state index in [2.05, 4.69) is 39.6 Å². The van der Waals surface area contributed by atoms with E-state index in [0.717, 1.165) is 19.6 Å². The molecule has 0 spiro atoms. The molecule has 0 aliphatic carbocycles. The molecular formula is C13H20BrNOS. The number of ether oxygens (including phenoxy) is 1. The van der Waals surface area contributed by atoms with Gasteiger partial charge in [-0.3, -0.25) is 0 Å².